The number of rotatable bonds is 5. The van der Waals surface area contributed by atoms with E-state index in [0.717, 1.165) is 32.3 Å². The molecule has 1 saturated carbocycles. The third kappa shape index (κ3) is 4.83. The lowest BCUT2D eigenvalue weighted by Crippen LogP contribution is -2.37. The molecule has 4 nitrogen and oxygen atoms in total. The van der Waals surface area contributed by atoms with E-state index in [0.29, 0.717) is 12.5 Å². The molecule has 0 bridgehead atoms. The molecule has 0 radical (unpaired) electrons. The van der Waals surface area contributed by atoms with Crippen molar-refractivity contribution in [1.29, 1.82) is 0 Å². The molecule has 0 aromatic heterocycles. The molecule has 0 aliphatic heterocycles. The molecule has 1 aliphatic carbocycles. The fourth-order valence-corrected chi connectivity index (χ4v) is 1.97. The SMILES string of the molecule is C=CCOCC1CCC(NC(=O)O)CC1. The second kappa shape index (κ2) is 6.45. The molecule has 2 N–H and O–H groups in total. The summed E-state index contributed by atoms with van der Waals surface area (Å²) >= 11 is 0. The van der Waals surface area contributed by atoms with Gasteiger partial charge in [0.15, 0.2) is 0 Å². The minimum Gasteiger partial charge on any atom is -0.465 e. The Balaban J connectivity index is 2.12. The van der Waals surface area contributed by atoms with Crippen molar-refractivity contribution in [2.24, 2.45) is 5.92 Å². The number of nitrogens with one attached hydrogen (secondary N) is 1. The van der Waals surface area contributed by atoms with Crippen LogP contribution in [0.3, 0.4) is 0 Å². The van der Waals surface area contributed by atoms with Crippen molar-refractivity contribution in [2.45, 2.75) is 31.7 Å². The standard InChI is InChI=1S/C11H19NO3/c1-2-7-15-8-9-3-5-10(6-4-9)12-11(13)14/h2,9-10,12H,1,3-8H2,(H,13,14). The van der Waals surface area contributed by atoms with E-state index < -0.39 is 6.09 Å². The summed E-state index contributed by atoms with van der Waals surface area (Å²) in [6.45, 7) is 4.96. The number of carbonyl (C=O) groups is 1. The van der Waals surface area contributed by atoms with Gasteiger partial charge in [0.1, 0.15) is 0 Å². The zero-order valence-corrected chi connectivity index (χ0v) is 8.95. The molecule has 86 valence electrons. The van der Waals surface area contributed by atoms with E-state index in [9.17, 15) is 4.79 Å². The molecular formula is C11H19NO3. The van der Waals surface area contributed by atoms with Crippen LogP contribution in [0.4, 0.5) is 4.79 Å². The average Bonchev–Trinajstić information content (AvgIpc) is 2.20. The van der Waals surface area contributed by atoms with Crippen molar-refractivity contribution in [1.82, 2.24) is 5.32 Å². The van der Waals surface area contributed by atoms with Crippen LogP contribution < -0.4 is 5.32 Å². The normalized spacial score (nSPS) is 25.9. The molecule has 0 heterocycles. The first kappa shape index (κ1) is 12.0. The zero-order valence-electron chi connectivity index (χ0n) is 8.95. The highest BCUT2D eigenvalue weighted by molar-refractivity contribution is 5.64. The van der Waals surface area contributed by atoms with Gasteiger partial charge in [-0.25, -0.2) is 4.79 Å². The third-order valence-corrected chi connectivity index (χ3v) is 2.76. The molecule has 1 fully saturated rings. The molecule has 0 aromatic rings. The zero-order chi connectivity index (χ0) is 11.1. The van der Waals surface area contributed by atoms with Gasteiger partial charge in [0, 0.05) is 12.6 Å². The van der Waals surface area contributed by atoms with Crippen molar-refractivity contribution < 1.29 is 14.6 Å². The Kier molecular flexibility index (Phi) is 5.18. The largest absolute Gasteiger partial charge is 0.465 e. The molecule has 4 heteroatoms. The smallest absolute Gasteiger partial charge is 0.404 e. The lowest BCUT2D eigenvalue weighted by atomic mass is 9.86. The Morgan fingerprint density at radius 3 is 2.67 bits per heavy atom. The highest BCUT2D eigenvalue weighted by atomic mass is 16.5. The maximum Gasteiger partial charge on any atom is 0.404 e. The Hall–Kier alpha value is -1.03. The van der Waals surface area contributed by atoms with Crippen molar-refractivity contribution in [3.05, 3.63) is 12.7 Å². The van der Waals surface area contributed by atoms with Crippen LogP contribution in [0.15, 0.2) is 12.7 Å². The van der Waals surface area contributed by atoms with Crippen molar-refractivity contribution in [3.8, 4) is 0 Å². The Morgan fingerprint density at radius 1 is 1.47 bits per heavy atom. The van der Waals surface area contributed by atoms with Crippen molar-refractivity contribution in [2.75, 3.05) is 13.2 Å². The minimum absolute atomic E-state index is 0.137. The first-order valence-electron chi connectivity index (χ1n) is 5.40. The van der Waals surface area contributed by atoms with E-state index in [-0.39, 0.29) is 6.04 Å². The van der Waals surface area contributed by atoms with Crippen LogP contribution in [-0.4, -0.2) is 30.5 Å². The van der Waals surface area contributed by atoms with Gasteiger partial charge in [0.25, 0.3) is 0 Å². The summed E-state index contributed by atoms with van der Waals surface area (Å²) in [6, 6.07) is 0.137. The summed E-state index contributed by atoms with van der Waals surface area (Å²) in [4.78, 5) is 10.4. The van der Waals surface area contributed by atoms with Gasteiger partial charge in [-0.1, -0.05) is 6.08 Å². The summed E-state index contributed by atoms with van der Waals surface area (Å²) in [5, 5.41) is 11.1. The van der Waals surface area contributed by atoms with E-state index in [1.807, 2.05) is 0 Å². The number of carboxylic acid groups (broad SMARTS) is 1. The molecule has 0 unspecified atom stereocenters. The number of hydrogen-bond acceptors (Lipinski definition) is 2. The number of amides is 1. The molecule has 15 heavy (non-hydrogen) atoms. The number of ether oxygens (including phenoxy) is 1. The first-order valence-corrected chi connectivity index (χ1v) is 5.40. The van der Waals surface area contributed by atoms with Crippen LogP contribution in [0.1, 0.15) is 25.7 Å². The lowest BCUT2D eigenvalue weighted by molar-refractivity contribution is 0.0995. The highest BCUT2D eigenvalue weighted by Gasteiger charge is 2.21. The Morgan fingerprint density at radius 2 is 2.13 bits per heavy atom. The highest BCUT2D eigenvalue weighted by Crippen LogP contribution is 2.24. The predicted octanol–water partition coefficient (Wildman–Crippen LogP) is 2.02. The molecule has 1 amide bonds. The summed E-state index contributed by atoms with van der Waals surface area (Å²) in [5.41, 5.74) is 0. The quantitative estimate of drug-likeness (QED) is 0.542. The van der Waals surface area contributed by atoms with Gasteiger partial charge in [0.2, 0.25) is 0 Å². The topological polar surface area (TPSA) is 58.6 Å². The molecule has 1 rings (SSSR count). The summed E-state index contributed by atoms with van der Waals surface area (Å²) in [6.07, 6.45) is 4.77. The molecule has 0 saturated heterocycles. The monoisotopic (exact) mass is 213 g/mol. The summed E-state index contributed by atoms with van der Waals surface area (Å²) in [5.74, 6) is 0.580. The van der Waals surface area contributed by atoms with Gasteiger partial charge < -0.3 is 15.2 Å². The van der Waals surface area contributed by atoms with E-state index in [1.165, 1.54) is 0 Å². The van der Waals surface area contributed by atoms with E-state index in [2.05, 4.69) is 11.9 Å². The van der Waals surface area contributed by atoms with Gasteiger partial charge in [0.05, 0.1) is 6.61 Å². The van der Waals surface area contributed by atoms with Crippen LogP contribution in [-0.2, 0) is 4.74 Å². The fraction of sp³-hybridized carbons (Fsp3) is 0.727. The summed E-state index contributed by atoms with van der Waals surface area (Å²) < 4.78 is 5.38. The van der Waals surface area contributed by atoms with Crippen LogP contribution in [0, 0.1) is 5.92 Å². The maximum absolute atomic E-state index is 10.4. The molecule has 0 aromatic carbocycles. The van der Waals surface area contributed by atoms with Crippen LogP contribution >= 0.6 is 0 Å². The van der Waals surface area contributed by atoms with E-state index >= 15 is 0 Å². The molecule has 0 atom stereocenters. The Bertz CT molecular complexity index is 210. The van der Waals surface area contributed by atoms with Gasteiger partial charge in [-0.2, -0.15) is 0 Å². The Labute approximate surface area is 90.3 Å². The average molecular weight is 213 g/mol. The van der Waals surface area contributed by atoms with Crippen molar-refractivity contribution >= 4 is 6.09 Å². The van der Waals surface area contributed by atoms with Gasteiger partial charge in [-0.05, 0) is 31.6 Å². The first-order chi connectivity index (χ1) is 7.22. The van der Waals surface area contributed by atoms with Crippen LogP contribution in [0.2, 0.25) is 0 Å². The second-order valence-corrected chi connectivity index (χ2v) is 3.99. The molecular weight excluding hydrogens is 194 g/mol. The van der Waals surface area contributed by atoms with E-state index in [1.54, 1.807) is 6.08 Å². The summed E-state index contributed by atoms with van der Waals surface area (Å²) in [7, 11) is 0. The van der Waals surface area contributed by atoms with Gasteiger partial charge in [-0.15, -0.1) is 6.58 Å². The third-order valence-electron chi connectivity index (χ3n) is 2.76. The van der Waals surface area contributed by atoms with Gasteiger partial charge in [-0.3, -0.25) is 0 Å². The number of hydrogen-bond donors (Lipinski definition) is 2. The minimum atomic E-state index is -0.915. The van der Waals surface area contributed by atoms with E-state index in [4.69, 9.17) is 9.84 Å². The van der Waals surface area contributed by atoms with Crippen molar-refractivity contribution in [3.63, 3.8) is 0 Å². The van der Waals surface area contributed by atoms with Crippen LogP contribution in [0.25, 0.3) is 0 Å². The lowest BCUT2D eigenvalue weighted by Gasteiger charge is -2.27. The maximum atomic E-state index is 10.4. The molecule has 0 spiro atoms. The van der Waals surface area contributed by atoms with Gasteiger partial charge >= 0.3 is 6.09 Å². The second-order valence-electron chi connectivity index (χ2n) is 3.99. The molecule has 1 aliphatic rings. The predicted molar refractivity (Wildman–Crippen MR) is 57.9 cm³/mol. The van der Waals surface area contributed by atoms with Crippen LogP contribution in [0.5, 0.6) is 0 Å². The fourth-order valence-electron chi connectivity index (χ4n) is 1.97.